The van der Waals surface area contributed by atoms with Gasteiger partial charge < -0.3 is 14.0 Å². The number of esters is 1. The molecule has 4 nitrogen and oxygen atoms in total. The number of carbonyl (C=O) groups excluding carboxylic acids is 1. The molecule has 0 aliphatic rings. The SMILES string of the molecule is CCCCCCCCc1ccccc1OC(C)CCOC(=O)C(CC)[N+](C)(C)Cc1ccccc1. The summed E-state index contributed by atoms with van der Waals surface area (Å²) in [5, 5.41) is 0. The normalized spacial score (nSPS) is 13.3. The Morgan fingerprint density at radius 1 is 0.886 bits per heavy atom. The molecule has 0 fully saturated rings. The molecule has 0 saturated heterocycles. The van der Waals surface area contributed by atoms with E-state index in [9.17, 15) is 4.79 Å². The van der Waals surface area contributed by atoms with Crippen LogP contribution in [0.25, 0.3) is 0 Å². The summed E-state index contributed by atoms with van der Waals surface area (Å²) < 4.78 is 12.6. The van der Waals surface area contributed by atoms with Crippen molar-refractivity contribution in [2.45, 2.75) is 97.2 Å². The Morgan fingerprint density at radius 2 is 1.54 bits per heavy atom. The zero-order valence-corrected chi connectivity index (χ0v) is 22.8. The number of ether oxygens (including phenoxy) is 2. The Hall–Kier alpha value is -2.33. The van der Waals surface area contributed by atoms with Gasteiger partial charge in [-0.15, -0.1) is 0 Å². The van der Waals surface area contributed by atoms with E-state index >= 15 is 0 Å². The van der Waals surface area contributed by atoms with Crippen LogP contribution in [0.2, 0.25) is 0 Å². The summed E-state index contributed by atoms with van der Waals surface area (Å²) in [6.07, 6.45) is 10.2. The van der Waals surface area contributed by atoms with E-state index in [-0.39, 0.29) is 18.1 Å². The van der Waals surface area contributed by atoms with E-state index in [4.69, 9.17) is 9.47 Å². The van der Waals surface area contributed by atoms with Crippen LogP contribution in [-0.2, 0) is 22.5 Å². The van der Waals surface area contributed by atoms with Crippen LogP contribution in [0.5, 0.6) is 5.75 Å². The fourth-order valence-corrected chi connectivity index (χ4v) is 4.73. The molecule has 0 aliphatic heterocycles. The van der Waals surface area contributed by atoms with E-state index in [1.807, 2.05) is 24.3 Å². The van der Waals surface area contributed by atoms with Gasteiger partial charge in [0.25, 0.3) is 0 Å². The first kappa shape index (κ1) is 28.9. The molecule has 0 heterocycles. The topological polar surface area (TPSA) is 35.5 Å². The molecular formula is C31H48NO3+. The summed E-state index contributed by atoms with van der Waals surface area (Å²) in [4.78, 5) is 12.9. The maximum Gasteiger partial charge on any atom is 0.364 e. The first-order chi connectivity index (χ1) is 16.9. The van der Waals surface area contributed by atoms with Gasteiger partial charge in [-0.2, -0.15) is 0 Å². The van der Waals surface area contributed by atoms with Crippen LogP contribution >= 0.6 is 0 Å². The second-order valence-corrected chi connectivity index (χ2v) is 10.4. The summed E-state index contributed by atoms with van der Waals surface area (Å²) in [6, 6.07) is 18.5. The van der Waals surface area contributed by atoms with Crippen molar-refractivity contribution in [3.8, 4) is 5.75 Å². The maximum absolute atomic E-state index is 12.9. The molecule has 2 aromatic rings. The summed E-state index contributed by atoms with van der Waals surface area (Å²) >= 11 is 0. The second-order valence-electron chi connectivity index (χ2n) is 10.4. The lowest BCUT2D eigenvalue weighted by Gasteiger charge is -2.36. The molecule has 0 saturated carbocycles. The third kappa shape index (κ3) is 10.4. The Morgan fingerprint density at radius 3 is 2.26 bits per heavy atom. The van der Waals surface area contributed by atoms with Crippen LogP contribution in [0.4, 0.5) is 0 Å². The fraction of sp³-hybridized carbons (Fsp3) is 0.581. The number of likely N-dealkylation sites (N-methyl/N-ethyl adjacent to an activating group) is 1. The van der Waals surface area contributed by atoms with E-state index in [0.29, 0.717) is 17.5 Å². The summed E-state index contributed by atoms with van der Waals surface area (Å²) in [5.41, 5.74) is 2.50. The number of para-hydroxylation sites is 1. The van der Waals surface area contributed by atoms with Crippen LogP contribution < -0.4 is 4.74 Å². The molecule has 2 unspecified atom stereocenters. The minimum absolute atomic E-state index is 0.0135. The van der Waals surface area contributed by atoms with E-state index in [0.717, 1.165) is 25.1 Å². The Bertz CT molecular complexity index is 849. The number of aryl methyl sites for hydroxylation is 1. The van der Waals surface area contributed by atoms with E-state index in [1.165, 1.54) is 49.7 Å². The van der Waals surface area contributed by atoms with Crippen LogP contribution in [0.1, 0.15) is 83.3 Å². The van der Waals surface area contributed by atoms with Crippen molar-refractivity contribution in [2.24, 2.45) is 0 Å². The van der Waals surface area contributed by atoms with Crippen LogP contribution in [0, 0.1) is 0 Å². The van der Waals surface area contributed by atoms with Crippen molar-refractivity contribution < 1.29 is 18.8 Å². The summed E-state index contributed by atoms with van der Waals surface area (Å²) in [6.45, 7) is 7.54. The minimum Gasteiger partial charge on any atom is -0.490 e. The van der Waals surface area contributed by atoms with Crippen LogP contribution in [0.3, 0.4) is 0 Å². The van der Waals surface area contributed by atoms with Crippen LogP contribution in [-0.4, -0.2) is 43.3 Å². The van der Waals surface area contributed by atoms with Gasteiger partial charge in [-0.05, 0) is 31.4 Å². The molecule has 0 N–H and O–H groups in total. The lowest BCUT2D eigenvalue weighted by atomic mass is 10.0. The highest BCUT2D eigenvalue weighted by Gasteiger charge is 2.35. The quantitative estimate of drug-likeness (QED) is 0.134. The molecule has 4 heteroatoms. The van der Waals surface area contributed by atoms with Crippen molar-refractivity contribution in [1.82, 2.24) is 0 Å². The zero-order valence-electron chi connectivity index (χ0n) is 22.8. The van der Waals surface area contributed by atoms with E-state index < -0.39 is 0 Å². The average molecular weight is 483 g/mol. The summed E-state index contributed by atoms with van der Waals surface area (Å²) in [7, 11) is 4.21. The highest BCUT2D eigenvalue weighted by atomic mass is 16.5. The average Bonchev–Trinajstić information content (AvgIpc) is 2.83. The Balaban J connectivity index is 1.79. The molecule has 0 aromatic heterocycles. The van der Waals surface area contributed by atoms with Crippen LogP contribution in [0.15, 0.2) is 54.6 Å². The Kier molecular flexibility index (Phi) is 12.9. The minimum atomic E-state index is -0.190. The highest BCUT2D eigenvalue weighted by molar-refractivity contribution is 5.74. The number of nitrogens with zero attached hydrogens (tertiary/aromatic N) is 1. The number of carbonyl (C=O) groups is 1. The van der Waals surface area contributed by atoms with Gasteiger partial charge in [0.2, 0.25) is 0 Å². The molecule has 0 aliphatic carbocycles. The van der Waals surface area contributed by atoms with Crippen molar-refractivity contribution in [1.29, 1.82) is 0 Å². The highest BCUT2D eigenvalue weighted by Crippen LogP contribution is 2.23. The van der Waals surface area contributed by atoms with Gasteiger partial charge >= 0.3 is 5.97 Å². The molecule has 35 heavy (non-hydrogen) atoms. The third-order valence-corrected chi connectivity index (χ3v) is 6.80. The predicted molar refractivity (Wildman–Crippen MR) is 146 cm³/mol. The van der Waals surface area contributed by atoms with Gasteiger partial charge in [-0.1, -0.05) is 94.5 Å². The third-order valence-electron chi connectivity index (χ3n) is 6.80. The van der Waals surface area contributed by atoms with E-state index in [2.05, 4.69) is 65.2 Å². The molecule has 194 valence electrons. The number of rotatable bonds is 17. The number of quaternary nitrogens is 1. The monoisotopic (exact) mass is 482 g/mol. The first-order valence-electron chi connectivity index (χ1n) is 13.6. The molecular weight excluding hydrogens is 434 g/mol. The summed E-state index contributed by atoms with van der Waals surface area (Å²) in [5.74, 6) is 0.844. The lowest BCUT2D eigenvalue weighted by molar-refractivity contribution is -0.919. The number of benzene rings is 2. The van der Waals surface area contributed by atoms with Crippen molar-refractivity contribution in [3.05, 3.63) is 65.7 Å². The molecule has 0 spiro atoms. The van der Waals surface area contributed by atoms with E-state index in [1.54, 1.807) is 0 Å². The largest absolute Gasteiger partial charge is 0.490 e. The standard InChI is InChI=1S/C31H48NO3/c1-6-8-9-10-11-15-20-28-21-16-17-22-30(28)35-26(3)23-24-34-31(33)29(7-2)32(4,5)25-27-18-13-12-14-19-27/h12-14,16-19,21-22,26,29H,6-11,15,20,23-25H2,1-5H3/q+1. The molecule has 0 amide bonds. The number of unbranched alkanes of at least 4 members (excludes halogenated alkanes) is 5. The predicted octanol–water partition coefficient (Wildman–Crippen LogP) is 7.35. The fourth-order valence-electron chi connectivity index (χ4n) is 4.73. The van der Waals surface area contributed by atoms with Crippen molar-refractivity contribution in [3.63, 3.8) is 0 Å². The van der Waals surface area contributed by atoms with Crippen molar-refractivity contribution >= 4 is 5.97 Å². The number of hydrogen-bond acceptors (Lipinski definition) is 3. The zero-order chi connectivity index (χ0) is 25.5. The van der Waals surface area contributed by atoms with Gasteiger partial charge in [0.1, 0.15) is 12.3 Å². The molecule has 0 bridgehead atoms. The molecule has 0 radical (unpaired) electrons. The molecule has 2 atom stereocenters. The number of hydrogen-bond donors (Lipinski definition) is 0. The first-order valence-corrected chi connectivity index (χ1v) is 13.6. The van der Waals surface area contributed by atoms with Gasteiger partial charge in [-0.25, -0.2) is 4.79 Å². The van der Waals surface area contributed by atoms with Gasteiger partial charge in [0.15, 0.2) is 6.04 Å². The van der Waals surface area contributed by atoms with Gasteiger partial charge in [0.05, 0.1) is 26.8 Å². The van der Waals surface area contributed by atoms with Crippen molar-refractivity contribution in [2.75, 3.05) is 20.7 Å². The van der Waals surface area contributed by atoms with Gasteiger partial charge in [0, 0.05) is 18.4 Å². The molecule has 2 rings (SSSR count). The molecule has 2 aromatic carbocycles. The smallest absolute Gasteiger partial charge is 0.364 e. The lowest BCUT2D eigenvalue weighted by Crippen LogP contribution is -2.52. The van der Waals surface area contributed by atoms with Gasteiger partial charge in [-0.3, -0.25) is 0 Å². The maximum atomic E-state index is 12.9. The Labute approximate surface area is 214 Å². The second kappa shape index (κ2) is 15.6.